The minimum absolute atomic E-state index is 0. The number of carboxylic acids is 1. The number of nitrogens with zero attached hydrogens (tertiary/aromatic N) is 5. The smallest absolute Gasteiger partial charge is 0.547 e. The van der Waals surface area contributed by atoms with Gasteiger partial charge in [0.05, 0.1) is 18.1 Å². The zero-order valence-corrected chi connectivity index (χ0v) is 10.1. The summed E-state index contributed by atoms with van der Waals surface area (Å²) in [5.74, 6) is -2.25. The molecule has 0 aromatic rings. The topological polar surface area (TPSA) is 159 Å². The first-order valence-corrected chi connectivity index (χ1v) is 3.28. The van der Waals surface area contributed by atoms with Crippen LogP contribution in [0.25, 0.3) is 0 Å². The minimum Gasteiger partial charge on any atom is -0.547 e. The number of carboxylic acid groups (broad SMARTS) is 1. The van der Waals surface area contributed by atoms with Crippen LogP contribution >= 0.6 is 0 Å². The fraction of sp³-hybridized carbons (Fsp3) is 0.250. The second-order valence-corrected chi connectivity index (χ2v) is 2.35. The molecule has 0 atom stereocenters. The molecular formula is C8N5NaO2. The molecule has 0 unspecified atom stereocenters. The first-order valence-electron chi connectivity index (χ1n) is 3.28. The number of hydrogen-bond acceptors (Lipinski definition) is 7. The van der Waals surface area contributed by atoms with Gasteiger partial charge in [-0.3, -0.25) is 0 Å². The Balaban J connectivity index is 0. The number of carbonyl (C=O) groups is 1. The zero-order chi connectivity index (χ0) is 12.1. The van der Waals surface area contributed by atoms with Crippen molar-refractivity contribution in [2.24, 2.45) is 10.8 Å². The predicted octanol–water partition coefficient (Wildman–Crippen LogP) is -4.67. The molecule has 0 aromatic heterocycles. The quantitative estimate of drug-likeness (QED) is 0.423. The normalized spacial score (nSPS) is 8.94. The van der Waals surface area contributed by atoms with Crippen molar-refractivity contribution in [2.45, 2.75) is 0 Å². The molecule has 0 aromatic carbocycles. The van der Waals surface area contributed by atoms with Crippen molar-refractivity contribution in [3.63, 3.8) is 0 Å². The van der Waals surface area contributed by atoms with Gasteiger partial charge in [0.1, 0.15) is 18.2 Å². The molecule has 0 spiro atoms. The summed E-state index contributed by atoms with van der Waals surface area (Å²) in [6, 6.07) is 5.09. The van der Waals surface area contributed by atoms with Crippen LogP contribution in [0.2, 0.25) is 0 Å². The maximum atomic E-state index is 10.6. The fourth-order valence-corrected chi connectivity index (χ4v) is 0.764. The molecule has 0 saturated carbocycles. The molecule has 0 bridgehead atoms. The minimum atomic E-state index is -3.12. The van der Waals surface area contributed by atoms with E-state index in [1.165, 1.54) is 0 Å². The maximum Gasteiger partial charge on any atom is 1.00 e. The van der Waals surface area contributed by atoms with Gasteiger partial charge >= 0.3 is 29.6 Å². The molecule has 0 radical (unpaired) electrons. The van der Waals surface area contributed by atoms with Crippen LogP contribution in [0.15, 0.2) is 0 Å². The van der Waals surface area contributed by atoms with Crippen molar-refractivity contribution in [3.8, 4) is 30.3 Å². The van der Waals surface area contributed by atoms with E-state index < -0.39 is 16.8 Å². The van der Waals surface area contributed by atoms with Crippen LogP contribution in [-0.4, -0.2) is 5.97 Å². The van der Waals surface area contributed by atoms with E-state index in [4.69, 9.17) is 26.3 Å². The maximum absolute atomic E-state index is 10.6. The molecule has 70 valence electrons. The van der Waals surface area contributed by atoms with Crippen molar-refractivity contribution in [1.29, 1.82) is 26.3 Å². The monoisotopic (exact) mass is 221 g/mol. The van der Waals surface area contributed by atoms with Gasteiger partial charge in [-0.05, 0) is 0 Å². The summed E-state index contributed by atoms with van der Waals surface area (Å²) in [6.07, 6.45) is 0. The van der Waals surface area contributed by atoms with Gasteiger partial charge in [0.2, 0.25) is 5.41 Å². The third kappa shape index (κ3) is 1.82. The van der Waals surface area contributed by atoms with Gasteiger partial charge in [-0.25, -0.2) is 0 Å². The Morgan fingerprint density at radius 3 is 1.25 bits per heavy atom. The summed E-state index contributed by atoms with van der Waals surface area (Å²) in [4.78, 5) is 10.6. The summed E-state index contributed by atoms with van der Waals surface area (Å²) < 4.78 is 0. The predicted molar refractivity (Wildman–Crippen MR) is 37.9 cm³/mol. The largest absolute Gasteiger partial charge is 1.00 e. The van der Waals surface area contributed by atoms with E-state index in [0.717, 1.165) is 30.3 Å². The van der Waals surface area contributed by atoms with Crippen LogP contribution in [0.5, 0.6) is 0 Å². The van der Waals surface area contributed by atoms with E-state index in [2.05, 4.69) is 0 Å². The number of aliphatic carboxylic acids is 1. The van der Waals surface area contributed by atoms with Crippen molar-refractivity contribution in [3.05, 3.63) is 0 Å². The molecule has 16 heavy (non-hydrogen) atoms. The molecule has 0 amide bonds. The number of nitriles is 5. The van der Waals surface area contributed by atoms with Gasteiger partial charge in [0.25, 0.3) is 5.41 Å². The summed E-state index contributed by atoms with van der Waals surface area (Å²) >= 11 is 0. The summed E-state index contributed by atoms with van der Waals surface area (Å²) in [6.45, 7) is 0. The van der Waals surface area contributed by atoms with E-state index in [9.17, 15) is 9.90 Å². The molecule has 0 aliphatic rings. The molecule has 0 N–H and O–H groups in total. The first-order chi connectivity index (χ1) is 7.00. The molecule has 7 nitrogen and oxygen atoms in total. The number of rotatable bonds is 2. The molecule has 0 rings (SSSR count). The molecule has 0 aliphatic heterocycles. The van der Waals surface area contributed by atoms with Gasteiger partial charge in [0.15, 0.2) is 0 Å². The van der Waals surface area contributed by atoms with Gasteiger partial charge in [-0.15, -0.1) is 0 Å². The molecular weight excluding hydrogens is 221 g/mol. The van der Waals surface area contributed by atoms with E-state index >= 15 is 0 Å². The Bertz CT molecular complexity index is 457. The fourth-order valence-electron chi connectivity index (χ4n) is 0.764. The Morgan fingerprint density at radius 1 is 0.875 bits per heavy atom. The van der Waals surface area contributed by atoms with Crippen molar-refractivity contribution >= 4 is 5.97 Å². The summed E-state index contributed by atoms with van der Waals surface area (Å²) in [7, 11) is 0. The van der Waals surface area contributed by atoms with Crippen LogP contribution in [0.1, 0.15) is 0 Å². The van der Waals surface area contributed by atoms with Crippen molar-refractivity contribution in [2.75, 3.05) is 0 Å². The number of hydrogen-bond donors (Lipinski definition) is 0. The third-order valence-corrected chi connectivity index (χ3v) is 1.71. The molecule has 0 saturated heterocycles. The molecule has 8 heteroatoms. The zero-order valence-electron chi connectivity index (χ0n) is 8.05. The Morgan fingerprint density at radius 2 is 1.19 bits per heavy atom. The third-order valence-electron chi connectivity index (χ3n) is 1.71. The van der Waals surface area contributed by atoms with Crippen LogP contribution < -0.4 is 34.7 Å². The Labute approximate surface area is 113 Å². The van der Waals surface area contributed by atoms with Crippen molar-refractivity contribution < 1.29 is 39.5 Å². The molecule has 0 aliphatic carbocycles. The summed E-state index contributed by atoms with van der Waals surface area (Å²) in [5.41, 5.74) is -6.03. The van der Waals surface area contributed by atoms with Crippen molar-refractivity contribution in [1.82, 2.24) is 0 Å². The SMILES string of the molecule is N#CC(C#N)(C#N)C(C#N)(C#N)C(=O)[O-].[Na+]. The van der Waals surface area contributed by atoms with Crippen LogP contribution in [0.4, 0.5) is 0 Å². The molecule has 0 heterocycles. The van der Waals surface area contributed by atoms with E-state index in [1.807, 2.05) is 0 Å². The molecule has 0 fully saturated rings. The van der Waals surface area contributed by atoms with Gasteiger partial charge < -0.3 is 9.90 Å². The average Bonchev–Trinajstić information content (AvgIpc) is 2.26. The van der Waals surface area contributed by atoms with E-state index in [1.54, 1.807) is 0 Å². The average molecular weight is 221 g/mol. The standard InChI is InChI=1S/C8HN5O2.Na/c9-1-7(2-10,3-11)8(4-12,5-13)6(14)15;/h(H,14,15);/q;+1/p-1. The van der Waals surface area contributed by atoms with Gasteiger partial charge in [0, 0.05) is 0 Å². The summed E-state index contributed by atoms with van der Waals surface area (Å²) in [5, 5.41) is 53.3. The van der Waals surface area contributed by atoms with Crippen LogP contribution in [0.3, 0.4) is 0 Å². The van der Waals surface area contributed by atoms with Gasteiger partial charge in [-0.1, -0.05) is 0 Å². The van der Waals surface area contributed by atoms with Crippen LogP contribution in [0, 0.1) is 67.5 Å². The van der Waals surface area contributed by atoms with Gasteiger partial charge in [-0.2, -0.15) is 26.3 Å². The van der Waals surface area contributed by atoms with E-state index in [0.29, 0.717) is 0 Å². The first kappa shape index (κ1) is 16.4. The van der Waals surface area contributed by atoms with E-state index in [-0.39, 0.29) is 29.6 Å². The second kappa shape index (κ2) is 5.72. The van der Waals surface area contributed by atoms with Crippen LogP contribution in [-0.2, 0) is 4.79 Å². The second-order valence-electron chi connectivity index (χ2n) is 2.35. The number of carbonyl (C=O) groups excluding carboxylic acids is 1. The Kier molecular flexibility index (Phi) is 5.84. The Hall–Kier alpha value is -2.08.